The molecule has 1 atom stereocenters. The van der Waals surface area contributed by atoms with Gasteiger partial charge in [-0.2, -0.15) is 13.2 Å². The van der Waals surface area contributed by atoms with Crippen LogP contribution in [0.25, 0.3) is 0 Å². The first-order valence-corrected chi connectivity index (χ1v) is 8.03. The third kappa shape index (κ3) is 3.77. The van der Waals surface area contributed by atoms with Gasteiger partial charge in [-0.25, -0.2) is 9.39 Å². The monoisotopic (exact) mass is 460 g/mol. The van der Waals surface area contributed by atoms with E-state index in [1.165, 1.54) is 6.92 Å². The molecule has 0 radical (unpaired) electrons. The molecule has 0 saturated carbocycles. The van der Waals surface area contributed by atoms with Crippen LogP contribution in [0.3, 0.4) is 0 Å². The van der Waals surface area contributed by atoms with Gasteiger partial charge in [-0.15, -0.1) is 0 Å². The summed E-state index contributed by atoms with van der Waals surface area (Å²) in [5, 5.41) is 21.7. The van der Waals surface area contributed by atoms with Crippen molar-refractivity contribution in [2.75, 3.05) is 0 Å². The number of hydrogen-bond acceptors (Lipinski definition) is 7. The summed E-state index contributed by atoms with van der Waals surface area (Å²) >= 11 is 9.76. The summed E-state index contributed by atoms with van der Waals surface area (Å²) in [5.41, 5.74) is -4.67. The van der Waals surface area contributed by atoms with Gasteiger partial charge in [-0.3, -0.25) is 20.2 Å². The number of aliphatic imine (C=N–C) groups is 1. The van der Waals surface area contributed by atoms with Gasteiger partial charge in [0.25, 0.3) is 5.69 Å². The quantitative estimate of drug-likeness (QED) is 0.272. The molecule has 1 aromatic rings. The fourth-order valence-electron chi connectivity index (χ4n) is 1.76. The van der Waals surface area contributed by atoms with Crippen LogP contribution in [0.2, 0.25) is 0 Å². The zero-order chi connectivity index (χ0) is 19.2. The van der Waals surface area contributed by atoms with Crippen molar-refractivity contribution in [1.29, 1.82) is 0 Å². The third-order valence-electron chi connectivity index (χ3n) is 2.99. The first-order valence-electron chi connectivity index (χ1n) is 6.08. The van der Waals surface area contributed by atoms with Gasteiger partial charge < -0.3 is 0 Å². The van der Waals surface area contributed by atoms with Gasteiger partial charge in [0.2, 0.25) is 0 Å². The Morgan fingerprint density at radius 1 is 1.32 bits per heavy atom. The maximum Gasteiger partial charge on any atom is 0.418 e. The van der Waals surface area contributed by atoms with Crippen molar-refractivity contribution in [3.63, 3.8) is 0 Å². The number of benzene rings is 1. The molecule has 1 aromatic carbocycles. The number of nitrogens with zero attached hydrogens (tertiary/aromatic N) is 4. The molecule has 2 rings (SSSR count). The van der Waals surface area contributed by atoms with Gasteiger partial charge in [0.1, 0.15) is 5.04 Å². The molecule has 1 aliphatic rings. The SMILES string of the molecule is CC1=NS/C(=N\c2c([N+](=O)[O-])cc([N+](=O)[O-])cc2C(F)(F)F)C1(Cl)Br. The minimum absolute atomic E-state index is 0.184. The molecule has 0 amide bonds. The molecule has 0 aromatic heterocycles. The lowest BCUT2D eigenvalue weighted by atomic mass is 10.1. The van der Waals surface area contributed by atoms with Gasteiger partial charge in [-0.05, 0) is 6.92 Å². The second-order valence-electron chi connectivity index (χ2n) is 4.63. The highest BCUT2D eigenvalue weighted by molar-refractivity contribution is 9.11. The molecular weight excluding hydrogens is 457 g/mol. The molecule has 1 aliphatic heterocycles. The van der Waals surface area contributed by atoms with Crippen LogP contribution in [-0.2, 0) is 6.18 Å². The number of alkyl halides is 5. The van der Waals surface area contributed by atoms with Crippen molar-refractivity contribution >= 4 is 67.3 Å². The molecule has 8 nitrogen and oxygen atoms in total. The smallest absolute Gasteiger partial charge is 0.258 e. The van der Waals surface area contributed by atoms with E-state index in [9.17, 15) is 33.4 Å². The first kappa shape index (κ1) is 19.6. The minimum Gasteiger partial charge on any atom is -0.258 e. The Kier molecular flexibility index (Phi) is 5.12. The first-order chi connectivity index (χ1) is 11.4. The minimum atomic E-state index is -5.11. The van der Waals surface area contributed by atoms with Crippen molar-refractivity contribution in [1.82, 2.24) is 0 Å². The highest BCUT2D eigenvalue weighted by Gasteiger charge is 2.43. The Hall–Kier alpha value is -1.73. The van der Waals surface area contributed by atoms with Crippen LogP contribution in [0.15, 0.2) is 21.5 Å². The second kappa shape index (κ2) is 6.53. The Morgan fingerprint density at radius 3 is 2.32 bits per heavy atom. The van der Waals surface area contributed by atoms with E-state index in [4.69, 9.17) is 11.6 Å². The number of nitro groups is 2. The number of nitro benzene ring substituents is 2. The summed E-state index contributed by atoms with van der Waals surface area (Å²) in [7, 11) is 0. The summed E-state index contributed by atoms with van der Waals surface area (Å²) in [4.78, 5) is 23.2. The van der Waals surface area contributed by atoms with Gasteiger partial charge in [-0.1, -0.05) is 27.5 Å². The number of rotatable bonds is 3. The maximum atomic E-state index is 13.3. The highest BCUT2D eigenvalue weighted by Crippen LogP contribution is 2.47. The van der Waals surface area contributed by atoms with Gasteiger partial charge >= 0.3 is 11.9 Å². The van der Waals surface area contributed by atoms with Crippen molar-refractivity contribution < 1.29 is 23.0 Å². The predicted molar refractivity (Wildman–Crippen MR) is 90.1 cm³/mol. The van der Waals surface area contributed by atoms with Gasteiger partial charge in [0.05, 0.1) is 27.2 Å². The molecule has 1 heterocycles. The predicted octanol–water partition coefficient (Wildman–Crippen LogP) is 5.00. The lowest BCUT2D eigenvalue weighted by molar-refractivity contribution is -0.394. The average Bonchev–Trinajstić information content (AvgIpc) is 2.72. The molecule has 0 N–H and O–H groups in total. The molecule has 0 fully saturated rings. The van der Waals surface area contributed by atoms with Crippen LogP contribution in [0.1, 0.15) is 12.5 Å². The summed E-state index contributed by atoms with van der Waals surface area (Å²) in [6.07, 6.45) is -5.11. The molecule has 0 bridgehead atoms. The molecular formula is C11H5BrClF3N4O4S. The summed E-state index contributed by atoms with van der Waals surface area (Å²) in [5.74, 6) is 0. The standard InChI is InChI=1S/C11H5BrClF3N4O4S/c1-4-10(12,13)9(25-18-4)17-8-6(11(14,15)16)2-5(19(21)22)3-7(8)20(23)24/h2-3H,1H3/b17-9-. The van der Waals surface area contributed by atoms with Crippen LogP contribution < -0.4 is 0 Å². The third-order valence-corrected chi connectivity index (χ3v) is 5.70. The van der Waals surface area contributed by atoms with Crippen molar-refractivity contribution in [2.24, 2.45) is 9.39 Å². The molecule has 134 valence electrons. The average molecular weight is 462 g/mol. The number of halogens is 5. The van der Waals surface area contributed by atoms with E-state index in [1.807, 2.05) is 0 Å². The van der Waals surface area contributed by atoms with E-state index in [-0.39, 0.29) is 16.8 Å². The molecule has 0 aliphatic carbocycles. The largest absolute Gasteiger partial charge is 0.418 e. The van der Waals surface area contributed by atoms with Crippen LogP contribution in [0, 0.1) is 20.2 Å². The fourth-order valence-corrected chi connectivity index (χ4v) is 3.26. The Bertz CT molecular complexity index is 843. The van der Waals surface area contributed by atoms with E-state index in [0.717, 1.165) is 0 Å². The maximum absolute atomic E-state index is 13.3. The molecule has 0 spiro atoms. The van der Waals surface area contributed by atoms with Crippen molar-refractivity contribution in [2.45, 2.75) is 16.9 Å². The summed E-state index contributed by atoms with van der Waals surface area (Å²) in [6, 6.07) is 0.593. The van der Waals surface area contributed by atoms with Gasteiger partial charge in [0.15, 0.2) is 9.47 Å². The van der Waals surface area contributed by atoms with E-state index in [1.54, 1.807) is 0 Å². The van der Waals surface area contributed by atoms with Crippen LogP contribution in [-0.4, -0.2) is 24.4 Å². The second-order valence-corrected chi connectivity index (χ2v) is 7.60. The lowest BCUT2D eigenvalue weighted by Gasteiger charge is -2.15. The zero-order valence-corrected chi connectivity index (χ0v) is 15.0. The van der Waals surface area contributed by atoms with Crippen LogP contribution >= 0.6 is 39.5 Å². The Labute approximate surface area is 154 Å². The fraction of sp³-hybridized carbons (Fsp3) is 0.273. The summed E-state index contributed by atoms with van der Waals surface area (Å²) in [6.45, 7) is 1.48. The van der Waals surface area contributed by atoms with Crippen LogP contribution in [0.5, 0.6) is 0 Å². The van der Waals surface area contributed by atoms with E-state index in [0.29, 0.717) is 18.0 Å². The topological polar surface area (TPSA) is 111 Å². The normalized spacial score (nSPS) is 22.2. The molecule has 0 saturated heterocycles. The Balaban J connectivity index is 2.80. The number of non-ortho nitro benzene ring substituents is 1. The Morgan fingerprint density at radius 2 is 1.92 bits per heavy atom. The van der Waals surface area contributed by atoms with Gasteiger partial charge in [0, 0.05) is 18.0 Å². The van der Waals surface area contributed by atoms with E-state index >= 15 is 0 Å². The highest BCUT2D eigenvalue weighted by atomic mass is 79.9. The zero-order valence-electron chi connectivity index (χ0n) is 11.9. The molecule has 25 heavy (non-hydrogen) atoms. The van der Waals surface area contributed by atoms with Crippen LogP contribution in [0.4, 0.5) is 30.2 Å². The van der Waals surface area contributed by atoms with E-state index < -0.39 is 42.4 Å². The van der Waals surface area contributed by atoms with E-state index in [2.05, 4.69) is 25.3 Å². The van der Waals surface area contributed by atoms with Crippen molar-refractivity contribution in [3.05, 3.63) is 37.9 Å². The molecule has 14 heteroatoms. The van der Waals surface area contributed by atoms with Crippen molar-refractivity contribution in [3.8, 4) is 0 Å². The molecule has 1 unspecified atom stereocenters. The summed E-state index contributed by atoms with van der Waals surface area (Å²) < 4.78 is 42.2. The number of hydrogen-bond donors (Lipinski definition) is 0. The lowest BCUT2D eigenvalue weighted by Crippen LogP contribution is -2.26.